The Bertz CT molecular complexity index is 5440. The Labute approximate surface area is 751 Å². The topological polar surface area (TPSA) is 593 Å². The molecule has 15 rings (SSSR count). The van der Waals surface area contributed by atoms with Crippen molar-refractivity contribution in [1.29, 1.82) is 0 Å². The molecular formula is C88H99Cl2N11O29. The quantitative estimate of drug-likeness (QED) is 0.0237. The normalized spacial score (nSPS) is 25.6. The smallest absolute Gasteiger partial charge is 0.335 e. The predicted molar refractivity (Wildman–Crippen MR) is 457 cm³/mol. The molecule has 2 saturated heterocycles. The highest BCUT2D eigenvalue weighted by atomic mass is 35.5. The van der Waals surface area contributed by atoms with Crippen LogP contribution in [-0.4, -0.2) is 239 Å². The molecular weight excluding hydrogens is 1750 g/mol. The molecule has 17 bridgehead atoms. The number of benzene rings is 7. The largest absolute Gasteiger partial charge is 0.508 e. The molecule has 20 N–H and O–H groups in total. The number of carboxylic acid groups (broad SMARTS) is 1. The van der Waals surface area contributed by atoms with Gasteiger partial charge in [0.2, 0.25) is 65.6 Å². The molecule has 18 atom stereocenters. The highest BCUT2D eigenvalue weighted by molar-refractivity contribution is 6.33. The maximum Gasteiger partial charge on any atom is 0.335 e. The summed E-state index contributed by atoms with van der Waals surface area (Å²) in [6, 6.07) is 4.05. The van der Waals surface area contributed by atoms with Crippen molar-refractivity contribution in [2.24, 2.45) is 11.2 Å². The molecule has 8 aliphatic rings. The molecule has 42 heteroatoms. The molecule has 2 fully saturated rings. The number of halogens is 2. The number of nitrogens with zero attached hydrogens (tertiary/aromatic N) is 3. The minimum absolute atomic E-state index is 0.0531. The highest BCUT2D eigenvalue weighted by Crippen LogP contribution is 2.51. The van der Waals surface area contributed by atoms with Crippen molar-refractivity contribution < 1.29 is 138 Å². The predicted octanol–water partition coefficient (Wildman–Crippen LogP) is 4.56. The number of hydrogen-bond donors (Lipinski definition) is 20. The molecule has 8 aliphatic heterocycles. The number of phenolic OH excluding ortho intramolecular Hbond substituents is 4. The number of fused-ring (bicyclic) bond motifs is 14. The fourth-order valence-electron chi connectivity index (χ4n) is 16.0. The van der Waals surface area contributed by atoms with E-state index in [4.69, 9.17) is 56.4 Å². The Morgan fingerprint density at radius 3 is 1.91 bits per heavy atom. The molecule has 694 valence electrons. The van der Waals surface area contributed by atoms with Crippen molar-refractivity contribution >= 4 is 76.4 Å². The number of amides is 8. The van der Waals surface area contributed by atoms with Crippen molar-refractivity contribution in [2.45, 2.75) is 188 Å². The van der Waals surface area contributed by atoms with Crippen molar-refractivity contribution in [3.05, 3.63) is 169 Å². The van der Waals surface area contributed by atoms with Gasteiger partial charge in [0, 0.05) is 55.3 Å². The van der Waals surface area contributed by atoms with Crippen LogP contribution in [-0.2, 0) is 59.0 Å². The van der Waals surface area contributed by atoms with Crippen molar-refractivity contribution in [3.63, 3.8) is 0 Å². The summed E-state index contributed by atoms with van der Waals surface area (Å²) in [5, 5.41) is 162. The number of aliphatic carboxylic acids is 1. The lowest BCUT2D eigenvalue weighted by molar-refractivity contribution is -0.277. The van der Waals surface area contributed by atoms with E-state index in [1.165, 1.54) is 30.3 Å². The van der Waals surface area contributed by atoms with E-state index < -0.39 is 283 Å². The van der Waals surface area contributed by atoms with Gasteiger partial charge in [0.25, 0.3) is 0 Å². The average Bonchev–Trinajstić information content (AvgIpc) is 0.750. The van der Waals surface area contributed by atoms with Crippen molar-refractivity contribution in [1.82, 2.24) is 52.4 Å². The monoisotopic (exact) mass is 1840 g/mol. The third-order valence-electron chi connectivity index (χ3n) is 22.9. The van der Waals surface area contributed by atoms with Crippen LogP contribution in [0.15, 0.2) is 121 Å². The van der Waals surface area contributed by atoms with Gasteiger partial charge in [0.1, 0.15) is 125 Å². The number of phenols is 4. The molecule has 0 radical (unpaired) electrons. The number of aromatic hydroxyl groups is 4. The van der Waals surface area contributed by atoms with Crippen molar-refractivity contribution in [3.8, 4) is 80.1 Å². The number of hydrogen-bond acceptors (Lipinski definition) is 30. The maximum atomic E-state index is 16.9. The van der Waals surface area contributed by atoms with Gasteiger partial charge in [0.15, 0.2) is 35.1 Å². The summed E-state index contributed by atoms with van der Waals surface area (Å²) < 4.78 is 44.4. The van der Waals surface area contributed by atoms with Gasteiger partial charge in [-0.3, -0.25) is 38.4 Å². The van der Waals surface area contributed by atoms with E-state index in [1.807, 2.05) is 0 Å². The number of carbonyl (C=O) groups excluding carboxylic acids is 8. The van der Waals surface area contributed by atoms with E-state index in [2.05, 4.69) is 61.7 Å². The number of aliphatic hydroxyl groups excluding tert-OH is 7. The van der Waals surface area contributed by atoms with Crippen LogP contribution in [0.3, 0.4) is 0 Å². The number of aliphatic hydroxyl groups is 7. The van der Waals surface area contributed by atoms with Gasteiger partial charge in [-0.25, -0.2) is 9.80 Å². The van der Waals surface area contributed by atoms with Crippen LogP contribution in [0, 0.1) is 10.8 Å². The van der Waals surface area contributed by atoms with Crippen LogP contribution < -0.4 is 66.2 Å². The van der Waals surface area contributed by atoms with Gasteiger partial charge in [0.05, 0.1) is 21.9 Å². The summed E-state index contributed by atoms with van der Waals surface area (Å²) >= 11 is 14.3. The average molecular weight is 1850 g/mol. The molecule has 130 heavy (non-hydrogen) atoms. The molecule has 8 amide bonds. The zero-order chi connectivity index (χ0) is 93.5. The molecule has 0 aromatic heterocycles. The molecule has 7 aromatic carbocycles. The Hall–Kier alpha value is -12.5. The molecule has 0 unspecified atom stereocenters. The first kappa shape index (κ1) is 95.1. The lowest BCUT2D eigenvalue weighted by Gasteiger charge is -2.41. The number of carboxylic acids is 1. The van der Waals surface area contributed by atoms with Crippen LogP contribution in [0.2, 0.25) is 10.0 Å². The number of rotatable bonds is 23. The fraction of sp³-hybridized carbons (Fsp3) is 0.420. The minimum atomic E-state index is -2.49. The molecule has 0 spiro atoms. The Morgan fingerprint density at radius 1 is 0.569 bits per heavy atom. The van der Waals surface area contributed by atoms with Gasteiger partial charge in [-0.05, 0) is 146 Å². The highest BCUT2D eigenvalue weighted by Gasteiger charge is 2.52. The zero-order valence-electron chi connectivity index (χ0n) is 70.5. The number of likely N-dealkylation sites (N-methyl/N-ethyl adjacent to an activating group) is 1. The summed E-state index contributed by atoms with van der Waals surface area (Å²) in [4.78, 5) is 153. The first-order valence-electron chi connectivity index (χ1n) is 41.8. The van der Waals surface area contributed by atoms with Crippen LogP contribution in [0.1, 0.15) is 147 Å². The van der Waals surface area contributed by atoms with Gasteiger partial charge >= 0.3 is 5.97 Å². The van der Waals surface area contributed by atoms with E-state index in [1.54, 1.807) is 19.0 Å². The van der Waals surface area contributed by atoms with E-state index in [-0.39, 0.29) is 41.8 Å². The number of nitrogens with one attached hydrogen (secondary N) is 8. The lowest BCUT2D eigenvalue weighted by atomic mass is 9.89. The first-order chi connectivity index (χ1) is 62.0. The van der Waals surface area contributed by atoms with Crippen LogP contribution >= 0.6 is 23.2 Å². The number of unbranched alkanes of at least 4 members (excludes halogenated alkanes) is 5. The summed E-state index contributed by atoms with van der Waals surface area (Å²) in [6.45, 7) is 3.57. The minimum Gasteiger partial charge on any atom is -0.508 e. The van der Waals surface area contributed by atoms with Gasteiger partial charge in [-0.1, -0.05) is 106 Å². The first-order valence-corrected chi connectivity index (χ1v) is 42.6. The molecule has 7 aromatic rings. The number of carbonyl (C=O) groups is 9. The third kappa shape index (κ3) is 21.3. The summed E-state index contributed by atoms with van der Waals surface area (Å²) in [5.41, 5.74) is -3.16. The summed E-state index contributed by atoms with van der Waals surface area (Å²) in [7, 11) is 4.64. The summed E-state index contributed by atoms with van der Waals surface area (Å²) in [5.74, 6) is -18.5. The van der Waals surface area contributed by atoms with E-state index in [9.17, 15) is 80.6 Å². The second-order valence-electron chi connectivity index (χ2n) is 33.0. The number of nitroso groups, excluding NO2 is 1. The van der Waals surface area contributed by atoms with E-state index in [0.29, 0.717) is 30.3 Å². The molecule has 0 aliphatic carbocycles. The van der Waals surface area contributed by atoms with Gasteiger partial charge < -0.3 is 142 Å². The standard InChI is InChI=1S/C88H99Cl2N11O29/c1-38(2)13-10-8-6-7-9-11-14-61(107)93-69-73(110)75(112)78(86(121)122)130-87(69)129-77-58-31-43-32-59(77)126-55-24-19-42(29-50(55)89)71(108)68-84(119)97-66(80(115)91-25-12-26-100(3)4)48-33-44(103)34-57(127-88-76(113)74(111)72(109)60(37-102)128-88)62(48)47-28-40(17-22-52(47)104)64(81(116)98-68)94-82(117)65(43)95-83(118)67-49-35-46(36-54(106)63(49)90)125-56-30-41(18-23-53(56)105)70(101(5)99-123)85(120)92-51(79(114)96-67)27-39-15-20-45(124-58)21-16-39/h15-24,28-36,38,51,60,64-76,78,87-88,102-106,108-113H,6-14,25-27,37H2,1-5H3,(H,91,115)(H,92,120)(H,93,107)(H,94,117)(H,95,118)(H,96,114)(H,97,119)(H,98,116)(H,121,122)/t51-,60-,64-,65-,66-,67+,68+,69-,70-,71-,72-,73-,74+,75+,76+,78+,87-,88+/m1/s1. The molecule has 8 heterocycles. The van der Waals surface area contributed by atoms with Crippen LogP contribution in [0.4, 0.5) is 0 Å². The third-order valence-corrected chi connectivity index (χ3v) is 23.6. The van der Waals surface area contributed by atoms with E-state index in [0.717, 1.165) is 124 Å². The Balaban J connectivity index is 1.05. The lowest BCUT2D eigenvalue weighted by Crippen LogP contribution is -2.66. The number of ether oxygens (including phenoxy) is 7. The Morgan fingerprint density at radius 2 is 1.22 bits per heavy atom. The molecule has 0 saturated carbocycles. The molecule has 40 nitrogen and oxygen atoms in total. The van der Waals surface area contributed by atoms with Crippen LogP contribution in [0.5, 0.6) is 69.0 Å². The fourth-order valence-corrected chi connectivity index (χ4v) is 16.5. The van der Waals surface area contributed by atoms with Gasteiger partial charge in [-0.15, -0.1) is 4.91 Å². The Kier molecular flexibility index (Phi) is 30.1. The zero-order valence-corrected chi connectivity index (χ0v) is 72.0. The van der Waals surface area contributed by atoms with E-state index >= 15 is 28.8 Å². The second kappa shape index (κ2) is 41.1. The second-order valence-corrected chi connectivity index (χ2v) is 33.8. The maximum absolute atomic E-state index is 16.9. The van der Waals surface area contributed by atoms with Crippen LogP contribution in [0.25, 0.3) is 11.1 Å². The SMILES string of the molecule is CC(C)CCCCCCCCC(=O)N[C@H]1[C@H](Oc2c3cc4cc2Oc2ccc(cc2Cl)[C@@H](O)[C@@H]2NC(=O)[C@H](NC(=O)[C@@H]4NC(=O)[C@H]4NC(=O)[C@@H](Cc5ccc(cc5)O3)NC(=O)[C@H](N(C)N=O)c3ccc(O)c(c3)Oc3cc(O)c(Cl)c4c3)c3ccc(O)c(c3)-c3c(O[C@H]4O[C@H](CO)[C@@H](O)[C@H](O)[C@@H]4O)cc(O)cc3[C@H](C(=O)NCCCN(C)C)NC2=O)O[C@H](C(=O)O)[C@@H](O)[C@@H]1O. The van der Waals surface area contributed by atoms with Crippen molar-refractivity contribution in [2.75, 3.05) is 40.8 Å². The summed E-state index contributed by atoms with van der Waals surface area (Å²) in [6.07, 6.45) is -16.2. The van der Waals surface area contributed by atoms with Gasteiger partial charge in [-0.2, -0.15) is 0 Å².